The van der Waals surface area contributed by atoms with E-state index in [0.717, 1.165) is 12.0 Å². The van der Waals surface area contributed by atoms with E-state index >= 15 is 0 Å². The summed E-state index contributed by atoms with van der Waals surface area (Å²) in [6.07, 6.45) is 7.29. The van der Waals surface area contributed by atoms with Crippen LogP contribution in [-0.4, -0.2) is 30.5 Å². The predicted octanol–water partition coefficient (Wildman–Crippen LogP) is 2.62. The highest BCUT2D eigenvalue weighted by atomic mass is 16.1. The van der Waals surface area contributed by atoms with Crippen molar-refractivity contribution in [3.8, 4) is 0 Å². The number of hydrogen-bond donors (Lipinski definition) is 1. The average Bonchev–Trinajstić information content (AvgIpc) is 3.30. The minimum atomic E-state index is -0.126. The summed E-state index contributed by atoms with van der Waals surface area (Å²) in [6.45, 7) is 4.73. The molecule has 2 heterocycles. The van der Waals surface area contributed by atoms with E-state index < -0.39 is 0 Å². The number of carbonyl (C=O) groups is 1. The molecular formula is C18H22N6O. The van der Waals surface area contributed by atoms with Crippen LogP contribution in [0.5, 0.6) is 0 Å². The summed E-state index contributed by atoms with van der Waals surface area (Å²) in [4.78, 5) is 16.6. The third-order valence-electron chi connectivity index (χ3n) is 4.01. The number of amides is 1. The third-order valence-corrected chi connectivity index (χ3v) is 4.01. The van der Waals surface area contributed by atoms with Gasteiger partial charge in [0, 0.05) is 18.8 Å². The van der Waals surface area contributed by atoms with Crippen molar-refractivity contribution in [1.29, 1.82) is 0 Å². The van der Waals surface area contributed by atoms with E-state index in [1.807, 2.05) is 44.2 Å². The Morgan fingerprint density at radius 1 is 1.20 bits per heavy atom. The summed E-state index contributed by atoms with van der Waals surface area (Å²) in [7, 11) is 0. The van der Waals surface area contributed by atoms with E-state index in [-0.39, 0.29) is 18.0 Å². The Kier molecular flexibility index (Phi) is 5.23. The second-order valence-corrected chi connectivity index (χ2v) is 6.19. The normalized spacial score (nSPS) is 12.3. The molecule has 0 saturated heterocycles. The number of carbonyl (C=O) groups excluding carboxylic acids is 1. The van der Waals surface area contributed by atoms with Gasteiger partial charge in [0.05, 0.1) is 17.8 Å². The van der Waals surface area contributed by atoms with Crippen molar-refractivity contribution in [2.75, 3.05) is 0 Å². The van der Waals surface area contributed by atoms with Crippen molar-refractivity contribution in [3.63, 3.8) is 0 Å². The lowest BCUT2D eigenvalue weighted by molar-refractivity contribution is 0.0933. The Hall–Kier alpha value is -2.96. The first kappa shape index (κ1) is 16.9. The number of nitrogens with one attached hydrogen (secondary N) is 1. The zero-order valence-electron chi connectivity index (χ0n) is 14.4. The molecule has 7 nitrogen and oxygen atoms in total. The van der Waals surface area contributed by atoms with Gasteiger partial charge in [-0.15, -0.1) is 0 Å². The molecule has 3 aromatic rings. The van der Waals surface area contributed by atoms with Crippen LogP contribution in [0, 0.1) is 0 Å². The first-order valence-electron chi connectivity index (χ1n) is 8.36. The number of aromatic nitrogens is 5. The minimum Gasteiger partial charge on any atom is -0.345 e. The lowest BCUT2D eigenvalue weighted by Gasteiger charge is -2.19. The predicted molar refractivity (Wildman–Crippen MR) is 93.9 cm³/mol. The maximum Gasteiger partial charge on any atom is 0.254 e. The molecule has 1 atom stereocenters. The number of nitrogens with zero attached hydrogens (tertiary/aromatic N) is 5. The molecule has 0 aliphatic carbocycles. The van der Waals surface area contributed by atoms with Crippen LogP contribution in [0.25, 0.3) is 0 Å². The van der Waals surface area contributed by atoms with Crippen LogP contribution in [0.3, 0.4) is 0 Å². The van der Waals surface area contributed by atoms with Crippen LogP contribution in [0.4, 0.5) is 0 Å². The van der Waals surface area contributed by atoms with Crippen LogP contribution in [-0.2, 0) is 6.54 Å². The first-order chi connectivity index (χ1) is 12.1. The van der Waals surface area contributed by atoms with Gasteiger partial charge in [0.15, 0.2) is 0 Å². The van der Waals surface area contributed by atoms with Gasteiger partial charge in [0.1, 0.15) is 12.7 Å². The summed E-state index contributed by atoms with van der Waals surface area (Å²) in [6, 6.07) is 10.1. The maximum absolute atomic E-state index is 12.6. The lowest BCUT2D eigenvalue weighted by Crippen LogP contribution is -2.29. The van der Waals surface area contributed by atoms with Crippen molar-refractivity contribution < 1.29 is 4.79 Å². The summed E-state index contributed by atoms with van der Waals surface area (Å²) in [5, 5.41) is 11.5. The van der Waals surface area contributed by atoms with Gasteiger partial charge < -0.3 is 5.32 Å². The monoisotopic (exact) mass is 338 g/mol. The van der Waals surface area contributed by atoms with E-state index in [0.29, 0.717) is 12.1 Å². The highest BCUT2D eigenvalue weighted by Crippen LogP contribution is 2.18. The van der Waals surface area contributed by atoms with Crippen molar-refractivity contribution in [2.45, 2.75) is 38.9 Å². The summed E-state index contributed by atoms with van der Waals surface area (Å²) >= 11 is 0. The van der Waals surface area contributed by atoms with Crippen LogP contribution < -0.4 is 5.32 Å². The molecular weight excluding hydrogens is 316 g/mol. The number of aryl methyl sites for hydroxylation is 1. The Bertz CT molecular complexity index is 794. The number of rotatable bonds is 7. The molecule has 1 amide bonds. The molecule has 0 aliphatic rings. The van der Waals surface area contributed by atoms with Gasteiger partial charge in [-0.1, -0.05) is 30.3 Å². The lowest BCUT2D eigenvalue weighted by atomic mass is 10.0. The Balaban J connectivity index is 1.73. The molecule has 1 N–H and O–H groups in total. The zero-order chi connectivity index (χ0) is 17.6. The molecule has 130 valence electrons. The van der Waals surface area contributed by atoms with Gasteiger partial charge in [0.25, 0.3) is 5.91 Å². The smallest absolute Gasteiger partial charge is 0.254 e. The highest BCUT2D eigenvalue weighted by Gasteiger charge is 2.17. The SMILES string of the molecule is CC(C)n1cc(C(=O)N[C@@H](CCn2cncn2)c2ccccc2)cn1. The highest BCUT2D eigenvalue weighted by molar-refractivity contribution is 5.93. The Labute approximate surface area is 146 Å². The van der Waals surface area contributed by atoms with Crippen molar-refractivity contribution in [3.05, 3.63) is 66.5 Å². The van der Waals surface area contributed by atoms with Gasteiger partial charge in [-0.3, -0.25) is 14.2 Å². The molecule has 0 saturated carbocycles. The molecule has 0 spiro atoms. The average molecular weight is 338 g/mol. The molecule has 0 bridgehead atoms. The van der Waals surface area contributed by atoms with Gasteiger partial charge in [0.2, 0.25) is 0 Å². The molecule has 3 rings (SSSR count). The van der Waals surface area contributed by atoms with Crippen molar-refractivity contribution in [1.82, 2.24) is 29.9 Å². The largest absolute Gasteiger partial charge is 0.345 e. The molecule has 1 aromatic carbocycles. The third kappa shape index (κ3) is 4.32. The van der Waals surface area contributed by atoms with E-state index in [9.17, 15) is 4.79 Å². The number of benzene rings is 1. The summed E-state index contributed by atoms with van der Waals surface area (Å²) in [5.74, 6) is -0.126. The van der Waals surface area contributed by atoms with E-state index in [4.69, 9.17) is 0 Å². The van der Waals surface area contributed by atoms with Crippen LogP contribution in [0.2, 0.25) is 0 Å². The standard InChI is InChI=1S/C18H22N6O/c1-14(2)24-11-16(10-20-24)18(25)22-17(15-6-4-3-5-7-15)8-9-23-13-19-12-21-23/h3-7,10-14,17H,8-9H2,1-2H3,(H,22,25)/t17-/m0/s1. The number of hydrogen-bond acceptors (Lipinski definition) is 4. The topological polar surface area (TPSA) is 77.6 Å². The van der Waals surface area contributed by atoms with Crippen LogP contribution in [0.15, 0.2) is 55.4 Å². The molecule has 0 radical (unpaired) electrons. The van der Waals surface area contributed by atoms with Crippen molar-refractivity contribution in [2.24, 2.45) is 0 Å². The Morgan fingerprint density at radius 3 is 2.64 bits per heavy atom. The van der Waals surface area contributed by atoms with Crippen molar-refractivity contribution >= 4 is 5.91 Å². The maximum atomic E-state index is 12.6. The van der Waals surface area contributed by atoms with Gasteiger partial charge in [-0.25, -0.2) is 4.98 Å². The summed E-state index contributed by atoms with van der Waals surface area (Å²) < 4.78 is 3.54. The Morgan fingerprint density at radius 2 is 2.00 bits per heavy atom. The molecule has 0 unspecified atom stereocenters. The zero-order valence-corrected chi connectivity index (χ0v) is 14.4. The van der Waals surface area contributed by atoms with Gasteiger partial charge in [-0.05, 0) is 25.8 Å². The quantitative estimate of drug-likeness (QED) is 0.718. The molecule has 0 fully saturated rings. The molecule has 2 aromatic heterocycles. The van der Waals surface area contributed by atoms with E-state index in [2.05, 4.69) is 20.5 Å². The minimum absolute atomic E-state index is 0.111. The van der Waals surface area contributed by atoms with E-state index in [1.54, 1.807) is 28.1 Å². The van der Waals surface area contributed by atoms with Gasteiger partial charge in [-0.2, -0.15) is 10.2 Å². The second kappa shape index (κ2) is 7.74. The van der Waals surface area contributed by atoms with Crippen LogP contribution >= 0.6 is 0 Å². The fourth-order valence-corrected chi connectivity index (χ4v) is 2.60. The molecule has 7 heteroatoms. The fraction of sp³-hybridized carbons (Fsp3) is 0.333. The second-order valence-electron chi connectivity index (χ2n) is 6.19. The summed E-state index contributed by atoms with van der Waals surface area (Å²) in [5.41, 5.74) is 1.63. The van der Waals surface area contributed by atoms with E-state index in [1.165, 1.54) is 6.33 Å². The first-order valence-corrected chi connectivity index (χ1v) is 8.36. The fourth-order valence-electron chi connectivity index (χ4n) is 2.60. The molecule has 25 heavy (non-hydrogen) atoms. The van der Waals surface area contributed by atoms with Gasteiger partial charge >= 0.3 is 0 Å². The molecule has 0 aliphatic heterocycles. The van der Waals surface area contributed by atoms with Crippen LogP contribution in [0.1, 0.15) is 48.3 Å².